The lowest BCUT2D eigenvalue weighted by atomic mass is 9.97. The summed E-state index contributed by atoms with van der Waals surface area (Å²) in [5.74, 6) is -0.364. The summed E-state index contributed by atoms with van der Waals surface area (Å²) in [6.45, 7) is 1.47. The molecule has 0 saturated carbocycles. The van der Waals surface area contributed by atoms with Gasteiger partial charge in [-0.3, -0.25) is 4.79 Å². The van der Waals surface area contributed by atoms with Crippen molar-refractivity contribution in [3.63, 3.8) is 0 Å². The predicted molar refractivity (Wildman–Crippen MR) is 57.2 cm³/mol. The quantitative estimate of drug-likeness (QED) is 0.545. The Morgan fingerprint density at radius 3 is 2.53 bits per heavy atom. The zero-order valence-electron chi connectivity index (χ0n) is 10.1. The first-order chi connectivity index (χ1) is 8.01. The Balaban J connectivity index is 2.75. The number of hydrogen-bond donors (Lipinski definition) is 3. The van der Waals surface area contributed by atoms with Gasteiger partial charge in [-0.1, -0.05) is 0 Å². The van der Waals surface area contributed by atoms with Crippen LogP contribution < -0.4 is 5.32 Å². The van der Waals surface area contributed by atoms with Crippen molar-refractivity contribution < 1.29 is 29.2 Å². The maximum absolute atomic E-state index is 11.0. The summed E-state index contributed by atoms with van der Waals surface area (Å²) in [5, 5.41) is 22.1. The molecule has 1 unspecified atom stereocenters. The molecule has 1 saturated heterocycles. The molecule has 1 aliphatic heterocycles. The first-order valence-corrected chi connectivity index (χ1v) is 5.31. The maximum Gasteiger partial charge on any atom is 0.217 e. The molecular weight excluding hydrogens is 230 g/mol. The summed E-state index contributed by atoms with van der Waals surface area (Å²) < 4.78 is 15.3. The predicted octanol–water partition coefficient (Wildman–Crippen LogP) is -1.77. The monoisotopic (exact) mass is 249 g/mol. The molecule has 1 heterocycles. The van der Waals surface area contributed by atoms with Gasteiger partial charge in [0.25, 0.3) is 0 Å². The Morgan fingerprint density at radius 1 is 1.41 bits per heavy atom. The van der Waals surface area contributed by atoms with Crippen LogP contribution >= 0.6 is 0 Å². The van der Waals surface area contributed by atoms with Crippen molar-refractivity contribution in [1.82, 2.24) is 5.32 Å². The van der Waals surface area contributed by atoms with E-state index in [-0.39, 0.29) is 12.5 Å². The molecule has 1 aliphatic rings. The third-order valence-electron chi connectivity index (χ3n) is 2.67. The van der Waals surface area contributed by atoms with Gasteiger partial charge in [-0.25, -0.2) is 0 Å². The number of nitrogens with one attached hydrogen (secondary N) is 1. The van der Waals surface area contributed by atoms with Crippen LogP contribution in [0.15, 0.2) is 0 Å². The highest BCUT2D eigenvalue weighted by Gasteiger charge is 2.45. The molecule has 7 heteroatoms. The lowest BCUT2D eigenvalue weighted by molar-refractivity contribution is -0.260. The van der Waals surface area contributed by atoms with E-state index in [1.54, 1.807) is 0 Å². The van der Waals surface area contributed by atoms with Gasteiger partial charge in [-0.2, -0.15) is 0 Å². The number of hydrogen-bond acceptors (Lipinski definition) is 6. The van der Waals surface area contributed by atoms with Crippen molar-refractivity contribution in [1.29, 1.82) is 0 Å². The first-order valence-electron chi connectivity index (χ1n) is 5.31. The molecule has 100 valence electrons. The molecular formula is C10H19NO6. The van der Waals surface area contributed by atoms with Crippen molar-refractivity contribution >= 4 is 5.91 Å². The second kappa shape index (κ2) is 6.27. The summed E-state index contributed by atoms with van der Waals surface area (Å²) in [7, 11) is 2.90. The van der Waals surface area contributed by atoms with Crippen molar-refractivity contribution in [2.45, 2.75) is 37.6 Å². The third kappa shape index (κ3) is 3.36. The van der Waals surface area contributed by atoms with E-state index in [0.717, 1.165) is 0 Å². The number of aliphatic hydroxyl groups is 2. The fourth-order valence-electron chi connectivity index (χ4n) is 1.92. The molecule has 0 aromatic rings. The van der Waals surface area contributed by atoms with Crippen molar-refractivity contribution in [2.24, 2.45) is 0 Å². The number of amides is 1. The van der Waals surface area contributed by atoms with Crippen LogP contribution in [0.2, 0.25) is 0 Å². The summed E-state index contributed by atoms with van der Waals surface area (Å²) in [6, 6.07) is -0.912. The van der Waals surface area contributed by atoms with E-state index in [4.69, 9.17) is 14.2 Å². The van der Waals surface area contributed by atoms with Gasteiger partial charge < -0.3 is 29.7 Å². The van der Waals surface area contributed by atoms with Crippen LogP contribution in [0.25, 0.3) is 0 Å². The number of methoxy groups -OCH3 is 2. The van der Waals surface area contributed by atoms with Crippen molar-refractivity contribution in [2.75, 3.05) is 20.8 Å². The molecule has 1 rings (SSSR count). The highest BCUT2D eigenvalue weighted by Crippen LogP contribution is 2.22. The van der Waals surface area contributed by atoms with Crippen molar-refractivity contribution in [3.05, 3.63) is 0 Å². The Labute approximate surface area is 99.7 Å². The molecule has 5 atom stereocenters. The van der Waals surface area contributed by atoms with Crippen LogP contribution in [0.3, 0.4) is 0 Å². The lowest BCUT2D eigenvalue weighted by Crippen LogP contribution is -2.64. The Hall–Kier alpha value is -0.730. The van der Waals surface area contributed by atoms with Gasteiger partial charge in [-0.15, -0.1) is 0 Å². The third-order valence-corrected chi connectivity index (χ3v) is 2.67. The van der Waals surface area contributed by atoms with E-state index >= 15 is 0 Å². The fraction of sp³-hybridized carbons (Fsp3) is 0.900. The molecule has 17 heavy (non-hydrogen) atoms. The molecule has 7 nitrogen and oxygen atoms in total. The molecule has 1 amide bonds. The van der Waals surface area contributed by atoms with E-state index < -0.39 is 30.6 Å². The molecule has 1 fully saturated rings. The summed E-state index contributed by atoms with van der Waals surface area (Å²) in [6.07, 6.45) is -3.61. The molecule has 0 radical (unpaired) electrons. The second-order valence-electron chi connectivity index (χ2n) is 3.94. The molecule has 0 aliphatic carbocycles. The highest BCUT2D eigenvalue weighted by atomic mass is 16.6. The molecule has 0 aromatic carbocycles. The maximum atomic E-state index is 11.0. The molecule has 0 aromatic heterocycles. The number of carbonyl (C=O) groups is 1. The van der Waals surface area contributed by atoms with Gasteiger partial charge in [0.15, 0.2) is 6.29 Å². The number of aliphatic hydroxyl groups excluding tert-OH is 2. The number of rotatable bonds is 4. The SMILES string of the molecule is COC[C@H]1OC(O)[C@H](NC(C)=O)[C@@H](O)[C@@H]1OC. The summed E-state index contributed by atoms with van der Waals surface area (Å²) in [4.78, 5) is 11.0. The van der Waals surface area contributed by atoms with Crippen LogP contribution in [-0.2, 0) is 19.0 Å². The van der Waals surface area contributed by atoms with Crippen LogP contribution in [0.1, 0.15) is 6.92 Å². The van der Waals surface area contributed by atoms with Gasteiger partial charge >= 0.3 is 0 Å². The van der Waals surface area contributed by atoms with Gasteiger partial charge in [-0.05, 0) is 0 Å². The van der Waals surface area contributed by atoms with Gasteiger partial charge in [0.05, 0.1) is 6.61 Å². The number of carbonyl (C=O) groups excluding carboxylic acids is 1. The van der Waals surface area contributed by atoms with Crippen LogP contribution in [0, 0.1) is 0 Å². The van der Waals surface area contributed by atoms with E-state index in [1.807, 2.05) is 0 Å². The minimum Gasteiger partial charge on any atom is -0.388 e. The minimum absolute atomic E-state index is 0.180. The van der Waals surface area contributed by atoms with Gasteiger partial charge in [0, 0.05) is 21.1 Å². The normalized spacial score (nSPS) is 37.8. The second-order valence-corrected chi connectivity index (χ2v) is 3.94. The minimum atomic E-state index is -1.29. The Kier molecular flexibility index (Phi) is 5.29. The average molecular weight is 249 g/mol. The number of ether oxygens (including phenoxy) is 3. The fourth-order valence-corrected chi connectivity index (χ4v) is 1.92. The van der Waals surface area contributed by atoms with E-state index in [9.17, 15) is 15.0 Å². The molecule has 3 N–H and O–H groups in total. The van der Waals surface area contributed by atoms with Crippen LogP contribution in [-0.4, -0.2) is 67.6 Å². The van der Waals surface area contributed by atoms with E-state index in [2.05, 4.69) is 5.32 Å². The summed E-state index contributed by atoms with van der Waals surface area (Å²) >= 11 is 0. The molecule has 0 bridgehead atoms. The standard InChI is InChI=1S/C10H19NO6/c1-5(12)11-7-8(13)9(16-3)6(4-15-2)17-10(7)14/h6-10,13-14H,4H2,1-3H3,(H,11,12)/t6-,7-,8-,9-,10?/m1/s1. The average Bonchev–Trinajstić information content (AvgIpc) is 2.24. The smallest absolute Gasteiger partial charge is 0.217 e. The Bertz CT molecular complexity index is 261. The van der Waals surface area contributed by atoms with E-state index in [0.29, 0.717) is 0 Å². The van der Waals surface area contributed by atoms with Crippen LogP contribution in [0.4, 0.5) is 0 Å². The van der Waals surface area contributed by atoms with Gasteiger partial charge in [0.2, 0.25) is 5.91 Å². The van der Waals surface area contributed by atoms with Crippen molar-refractivity contribution in [3.8, 4) is 0 Å². The zero-order chi connectivity index (χ0) is 13.0. The Morgan fingerprint density at radius 2 is 2.06 bits per heavy atom. The van der Waals surface area contributed by atoms with E-state index in [1.165, 1.54) is 21.1 Å². The zero-order valence-corrected chi connectivity index (χ0v) is 10.1. The van der Waals surface area contributed by atoms with Gasteiger partial charge in [0.1, 0.15) is 24.4 Å². The lowest BCUT2D eigenvalue weighted by Gasteiger charge is -2.42. The van der Waals surface area contributed by atoms with Crippen LogP contribution in [0.5, 0.6) is 0 Å². The molecule has 0 spiro atoms. The summed E-state index contributed by atoms with van der Waals surface area (Å²) in [5.41, 5.74) is 0. The first kappa shape index (κ1) is 14.3. The highest BCUT2D eigenvalue weighted by molar-refractivity contribution is 5.73. The largest absolute Gasteiger partial charge is 0.388 e. The topological polar surface area (TPSA) is 97.2 Å².